The van der Waals surface area contributed by atoms with Crippen LogP contribution in [0.3, 0.4) is 0 Å². The molecule has 0 bridgehead atoms. The molecule has 0 unspecified atom stereocenters. The molecule has 1 N–H and O–H groups in total. The number of aromatic nitrogens is 2. The van der Waals surface area contributed by atoms with Crippen LogP contribution in [0.4, 0.5) is 0 Å². The molecule has 4 aromatic rings. The third-order valence-electron chi connectivity index (χ3n) is 7.71. The van der Waals surface area contributed by atoms with Crippen LogP contribution < -0.4 is 4.74 Å². The quantitative estimate of drug-likeness (QED) is 0.181. The number of piperidine rings is 1. The fourth-order valence-corrected chi connectivity index (χ4v) is 5.42. The number of likely N-dealkylation sites (tertiary alicyclic amines) is 1. The molecule has 1 fully saturated rings. The van der Waals surface area contributed by atoms with Gasteiger partial charge in [-0.25, -0.2) is 9.59 Å². The highest BCUT2D eigenvalue weighted by molar-refractivity contribution is 6.07. The Morgan fingerprint density at radius 1 is 0.833 bits per heavy atom. The molecule has 42 heavy (non-hydrogen) atoms. The number of esters is 2. The standard InChI is InChI=1S/C32H37N3O7/c1-38-31(36)26-6-4-24(20-27(26)32(37)39-2)42-18-17-41-16-15-40-14-13-35-11-8-22(9-12-35)23-3-5-25-28-21-33-10-7-29(28)34-30(25)19-23/h3-7,10,19-22,34H,8-9,11-18H2,1-2H3. The molecule has 3 heterocycles. The van der Waals surface area contributed by atoms with Gasteiger partial charge in [-0.2, -0.15) is 0 Å². The number of nitrogens with zero attached hydrogens (tertiary/aromatic N) is 2. The monoisotopic (exact) mass is 575 g/mol. The number of hydrogen-bond donors (Lipinski definition) is 1. The summed E-state index contributed by atoms with van der Waals surface area (Å²) in [5.74, 6) is -0.250. The normalized spacial score (nSPS) is 14.3. The highest BCUT2D eigenvalue weighted by atomic mass is 16.5. The molecular weight excluding hydrogens is 538 g/mol. The lowest BCUT2D eigenvalue weighted by Crippen LogP contribution is -2.35. The van der Waals surface area contributed by atoms with E-state index in [9.17, 15) is 9.59 Å². The number of fused-ring (bicyclic) bond motifs is 3. The van der Waals surface area contributed by atoms with Gasteiger partial charge < -0.3 is 33.6 Å². The molecule has 0 spiro atoms. The Morgan fingerprint density at radius 3 is 2.36 bits per heavy atom. The third kappa shape index (κ3) is 7.07. The van der Waals surface area contributed by atoms with E-state index < -0.39 is 11.9 Å². The Bertz CT molecular complexity index is 1510. The average Bonchev–Trinajstić information content (AvgIpc) is 3.41. The van der Waals surface area contributed by atoms with Crippen LogP contribution in [0.1, 0.15) is 45.0 Å². The molecule has 222 valence electrons. The van der Waals surface area contributed by atoms with Gasteiger partial charge in [0.25, 0.3) is 0 Å². The maximum Gasteiger partial charge on any atom is 0.338 e. The maximum atomic E-state index is 12.0. The van der Waals surface area contributed by atoms with Crippen LogP contribution >= 0.6 is 0 Å². The Hall–Kier alpha value is -3.99. The molecule has 0 aliphatic carbocycles. The first-order chi connectivity index (χ1) is 20.6. The summed E-state index contributed by atoms with van der Waals surface area (Å²) in [6.45, 7) is 5.34. The zero-order valence-electron chi connectivity index (χ0n) is 24.1. The number of H-pyrrole nitrogens is 1. The van der Waals surface area contributed by atoms with Gasteiger partial charge in [-0.15, -0.1) is 0 Å². The van der Waals surface area contributed by atoms with Crippen LogP contribution in [0.25, 0.3) is 21.8 Å². The van der Waals surface area contributed by atoms with Gasteiger partial charge in [0.2, 0.25) is 0 Å². The highest BCUT2D eigenvalue weighted by Crippen LogP contribution is 2.32. The number of rotatable bonds is 13. The number of nitrogens with one attached hydrogen (secondary N) is 1. The van der Waals surface area contributed by atoms with Crippen LogP contribution in [0.15, 0.2) is 54.9 Å². The third-order valence-corrected chi connectivity index (χ3v) is 7.71. The Kier molecular flexibility index (Phi) is 10.0. The topological polar surface area (TPSA) is 112 Å². The summed E-state index contributed by atoms with van der Waals surface area (Å²) in [6.07, 6.45) is 6.03. The van der Waals surface area contributed by atoms with Gasteiger partial charge in [0.05, 0.1) is 51.8 Å². The summed E-state index contributed by atoms with van der Waals surface area (Å²) in [6, 6.07) is 13.4. The SMILES string of the molecule is COC(=O)c1ccc(OCCOCCOCCN2CCC(c3ccc4c(c3)[nH]c3ccncc34)CC2)cc1C(=O)OC. The molecule has 2 aromatic heterocycles. The first kappa shape index (κ1) is 29.5. The van der Waals surface area contributed by atoms with Crippen molar-refractivity contribution < 1.29 is 33.3 Å². The van der Waals surface area contributed by atoms with Gasteiger partial charge in [0, 0.05) is 40.7 Å². The summed E-state index contributed by atoms with van der Waals surface area (Å²) in [5, 5.41) is 2.40. The fraction of sp³-hybridized carbons (Fsp3) is 0.406. The molecule has 1 aliphatic heterocycles. The molecule has 10 heteroatoms. The predicted molar refractivity (Wildman–Crippen MR) is 158 cm³/mol. The number of hydrogen-bond acceptors (Lipinski definition) is 9. The van der Waals surface area contributed by atoms with Gasteiger partial charge in [0.1, 0.15) is 12.4 Å². The lowest BCUT2D eigenvalue weighted by atomic mass is 9.89. The van der Waals surface area contributed by atoms with Gasteiger partial charge in [-0.1, -0.05) is 12.1 Å². The van der Waals surface area contributed by atoms with Crippen molar-refractivity contribution in [1.82, 2.24) is 14.9 Å². The van der Waals surface area contributed by atoms with Gasteiger partial charge >= 0.3 is 11.9 Å². The first-order valence-electron chi connectivity index (χ1n) is 14.2. The van der Waals surface area contributed by atoms with Crippen LogP contribution in [0, 0.1) is 0 Å². The molecule has 2 aromatic carbocycles. The Labute approximate surface area is 244 Å². The lowest BCUT2D eigenvalue weighted by Gasteiger charge is -2.32. The van der Waals surface area contributed by atoms with E-state index in [1.54, 1.807) is 6.07 Å². The number of benzene rings is 2. The van der Waals surface area contributed by atoms with Crippen LogP contribution in [0.2, 0.25) is 0 Å². The lowest BCUT2D eigenvalue weighted by molar-refractivity contribution is 0.0272. The van der Waals surface area contributed by atoms with Crippen LogP contribution in [0.5, 0.6) is 5.75 Å². The molecule has 5 rings (SSSR count). The smallest absolute Gasteiger partial charge is 0.338 e. The van der Waals surface area contributed by atoms with E-state index in [1.807, 2.05) is 18.5 Å². The van der Waals surface area contributed by atoms with Crippen molar-refractivity contribution in [3.8, 4) is 5.75 Å². The second-order valence-corrected chi connectivity index (χ2v) is 10.2. The van der Waals surface area contributed by atoms with Crippen LogP contribution in [-0.2, 0) is 18.9 Å². The molecule has 0 amide bonds. The number of pyridine rings is 1. The Morgan fingerprint density at radius 2 is 1.57 bits per heavy atom. The van der Waals surface area contributed by atoms with Crippen molar-refractivity contribution in [3.63, 3.8) is 0 Å². The van der Waals surface area contributed by atoms with E-state index in [2.05, 4.69) is 33.1 Å². The summed E-state index contributed by atoms with van der Waals surface area (Å²) >= 11 is 0. The number of aromatic amines is 1. The van der Waals surface area contributed by atoms with Gasteiger partial charge in [0.15, 0.2) is 0 Å². The minimum absolute atomic E-state index is 0.0882. The zero-order valence-corrected chi connectivity index (χ0v) is 24.1. The first-order valence-corrected chi connectivity index (χ1v) is 14.2. The second-order valence-electron chi connectivity index (χ2n) is 10.2. The van der Waals surface area contributed by atoms with Gasteiger partial charge in [-0.05, 0) is 67.7 Å². The fourth-order valence-electron chi connectivity index (χ4n) is 5.42. The van der Waals surface area contributed by atoms with E-state index in [4.69, 9.17) is 23.7 Å². The molecule has 0 atom stereocenters. The van der Waals surface area contributed by atoms with E-state index in [1.165, 1.54) is 48.2 Å². The van der Waals surface area contributed by atoms with Gasteiger partial charge in [-0.3, -0.25) is 4.98 Å². The minimum atomic E-state index is -0.639. The highest BCUT2D eigenvalue weighted by Gasteiger charge is 2.21. The summed E-state index contributed by atoms with van der Waals surface area (Å²) in [7, 11) is 2.50. The summed E-state index contributed by atoms with van der Waals surface area (Å²) < 4.78 is 26.5. The van der Waals surface area contributed by atoms with Crippen molar-refractivity contribution in [2.45, 2.75) is 18.8 Å². The minimum Gasteiger partial charge on any atom is -0.491 e. The molecule has 0 saturated carbocycles. The zero-order chi connectivity index (χ0) is 29.3. The molecule has 0 radical (unpaired) electrons. The number of ether oxygens (including phenoxy) is 5. The second kappa shape index (κ2) is 14.3. The van der Waals surface area contributed by atoms with E-state index in [0.29, 0.717) is 38.1 Å². The maximum absolute atomic E-state index is 12.0. The predicted octanol–water partition coefficient (Wildman–Crippen LogP) is 4.58. The number of carbonyl (C=O) groups excluding carboxylic acids is 2. The number of methoxy groups -OCH3 is 2. The largest absolute Gasteiger partial charge is 0.491 e. The van der Waals surface area contributed by atoms with Crippen LogP contribution in [-0.4, -0.2) is 93.7 Å². The molecule has 1 aliphatic rings. The van der Waals surface area contributed by atoms with Crippen molar-refractivity contribution in [2.24, 2.45) is 0 Å². The number of carbonyl (C=O) groups is 2. The summed E-state index contributed by atoms with van der Waals surface area (Å²) in [5.41, 5.74) is 3.93. The molecule has 10 nitrogen and oxygen atoms in total. The van der Waals surface area contributed by atoms with E-state index in [-0.39, 0.29) is 17.7 Å². The van der Waals surface area contributed by atoms with E-state index >= 15 is 0 Å². The van der Waals surface area contributed by atoms with Crippen molar-refractivity contribution in [1.29, 1.82) is 0 Å². The van der Waals surface area contributed by atoms with E-state index in [0.717, 1.165) is 38.0 Å². The molecule has 1 saturated heterocycles. The van der Waals surface area contributed by atoms with Crippen molar-refractivity contribution in [3.05, 3.63) is 71.5 Å². The van der Waals surface area contributed by atoms with Crippen molar-refractivity contribution >= 4 is 33.7 Å². The average molecular weight is 576 g/mol. The summed E-state index contributed by atoms with van der Waals surface area (Å²) in [4.78, 5) is 34.2. The van der Waals surface area contributed by atoms with Crippen molar-refractivity contribution in [2.75, 3.05) is 66.9 Å². The molecular formula is C32H37N3O7. The Balaban J connectivity index is 0.948.